The molecule has 1 fully saturated rings. The van der Waals surface area contributed by atoms with Gasteiger partial charge in [0.2, 0.25) is 0 Å². The maximum atomic E-state index is 5.95. The SMILES string of the molecule is CC1CCC(CN)(OCc2ncccn2)C1. The van der Waals surface area contributed by atoms with Crippen LogP contribution in [0.4, 0.5) is 0 Å². The van der Waals surface area contributed by atoms with E-state index in [0.29, 0.717) is 19.1 Å². The summed E-state index contributed by atoms with van der Waals surface area (Å²) in [5, 5.41) is 0. The molecule has 4 heteroatoms. The Bertz CT molecular complexity index is 330. The van der Waals surface area contributed by atoms with Crippen LogP contribution < -0.4 is 5.73 Å². The molecule has 1 heterocycles. The molecule has 1 aliphatic carbocycles. The van der Waals surface area contributed by atoms with E-state index in [1.54, 1.807) is 18.5 Å². The quantitative estimate of drug-likeness (QED) is 0.837. The lowest BCUT2D eigenvalue weighted by Crippen LogP contribution is -2.38. The summed E-state index contributed by atoms with van der Waals surface area (Å²) in [6, 6.07) is 1.81. The molecule has 0 aromatic carbocycles. The maximum Gasteiger partial charge on any atom is 0.153 e. The molecule has 0 bridgehead atoms. The van der Waals surface area contributed by atoms with Crippen LogP contribution in [0.5, 0.6) is 0 Å². The van der Waals surface area contributed by atoms with E-state index >= 15 is 0 Å². The first-order chi connectivity index (χ1) is 7.74. The van der Waals surface area contributed by atoms with Crippen molar-refractivity contribution in [3.63, 3.8) is 0 Å². The van der Waals surface area contributed by atoms with Crippen LogP contribution in [0.15, 0.2) is 18.5 Å². The van der Waals surface area contributed by atoms with Crippen LogP contribution in [0.3, 0.4) is 0 Å². The van der Waals surface area contributed by atoms with Crippen LogP contribution in [-0.2, 0) is 11.3 Å². The summed E-state index contributed by atoms with van der Waals surface area (Å²) in [6.07, 6.45) is 6.77. The molecule has 4 nitrogen and oxygen atoms in total. The van der Waals surface area contributed by atoms with Crippen molar-refractivity contribution < 1.29 is 4.74 Å². The fourth-order valence-electron chi connectivity index (χ4n) is 2.35. The van der Waals surface area contributed by atoms with Gasteiger partial charge in [-0.1, -0.05) is 6.92 Å². The summed E-state index contributed by atoms with van der Waals surface area (Å²) in [4.78, 5) is 8.29. The second-order valence-electron chi connectivity index (χ2n) is 4.69. The number of nitrogens with zero attached hydrogens (tertiary/aromatic N) is 2. The lowest BCUT2D eigenvalue weighted by atomic mass is 10.0. The van der Waals surface area contributed by atoms with Crippen molar-refractivity contribution in [2.75, 3.05) is 6.54 Å². The van der Waals surface area contributed by atoms with Crippen molar-refractivity contribution in [1.82, 2.24) is 9.97 Å². The van der Waals surface area contributed by atoms with Gasteiger partial charge in [-0.15, -0.1) is 0 Å². The second kappa shape index (κ2) is 4.89. The Morgan fingerprint density at radius 1 is 1.50 bits per heavy atom. The minimum atomic E-state index is -0.140. The molecule has 1 saturated carbocycles. The third-order valence-corrected chi connectivity index (χ3v) is 3.31. The average molecular weight is 221 g/mol. The molecule has 2 unspecified atom stereocenters. The molecular formula is C12H19N3O. The van der Waals surface area contributed by atoms with Gasteiger partial charge in [-0.3, -0.25) is 0 Å². The molecule has 0 spiro atoms. The van der Waals surface area contributed by atoms with Gasteiger partial charge in [0.25, 0.3) is 0 Å². The second-order valence-corrected chi connectivity index (χ2v) is 4.69. The minimum Gasteiger partial charge on any atom is -0.366 e. The molecule has 2 rings (SSSR count). The molecule has 1 aromatic rings. The zero-order valence-electron chi connectivity index (χ0n) is 9.72. The highest BCUT2D eigenvalue weighted by atomic mass is 16.5. The summed E-state index contributed by atoms with van der Waals surface area (Å²) in [6.45, 7) is 3.30. The fourth-order valence-corrected chi connectivity index (χ4v) is 2.35. The lowest BCUT2D eigenvalue weighted by Gasteiger charge is -2.27. The van der Waals surface area contributed by atoms with Crippen LogP contribution in [0.2, 0.25) is 0 Å². The van der Waals surface area contributed by atoms with Crippen molar-refractivity contribution in [1.29, 1.82) is 0 Å². The normalized spacial score (nSPS) is 29.5. The van der Waals surface area contributed by atoms with Crippen LogP contribution >= 0.6 is 0 Å². The first-order valence-electron chi connectivity index (χ1n) is 5.84. The molecule has 2 atom stereocenters. The van der Waals surface area contributed by atoms with Gasteiger partial charge in [-0.2, -0.15) is 0 Å². The third kappa shape index (κ3) is 2.57. The van der Waals surface area contributed by atoms with E-state index in [0.717, 1.165) is 18.7 Å². The predicted octanol–water partition coefficient (Wildman–Crippen LogP) is 1.51. The van der Waals surface area contributed by atoms with Crippen molar-refractivity contribution in [2.45, 2.75) is 38.4 Å². The molecule has 16 heavy (non-hydrogen) atoms. The van der Waals surface area contributed by atoms with E-state index in [-0.39, 0.29) is 5.60 Å². The van der Waals surface area contributed by atoms with Gasteiger partial charge in [0.1, 0.15) is 6.61 Å². The minimum absolute atomic E-state index is 0.140. The summed E-state index contributed by atoms with van der Waals surface area (Å²) in [5.41, 5.74) is 5.69. The fraction of sp³-hybridized carbons (Fsp3) is 0.667. The van der Waals surface area contributed by atoms with E-state index in [9.17, 15) is 0 Å². The number of hydrogen-bond donors (Lipinski definition) is 1. The topological polar surface area (TPSA) is 61.0 Å². The summed E-state index contributed by atoms with van der Waals surface area (Å²) in [7, 11) is 0. The number of rotatable bonds is 4. The molecule has 0 aliphatic heterocycles. The summed E-state index contributed by atoms with van der Waals surface area (Å²) in [5.74, 6) is 1.44. The maximum absolute atomic E-state index is 5.95. The highest BCUT2D eigenvalue weighted by Gasteiger charge is 2.37. The standard InChI is InChI=1S/C12H19N3O/c1-10-3-4-12(7-10,9-13)16-8-11-14-5-2-6-15-11/h2,5-6,10H,3-4,7-9,13H2,1H3. The van der Waals surface area contributed by atoms with Gasteiger partial charge in [0.15, 0.2) is 5.82 Å². The molecule has 1 aromatic heterocycles. The summed E-state index contributed by atoms with van der Waals surface area (Å²) >= 11 is 0. The molecule has 2 N–H and O–H groups in total. The van der Waals surface area contributed by atoms with Crippen LogP contribution in [-0.4, -0.2) is 22.1 Å². The first kappa shape index (κ1) is 11.5. The van der Waals surface area contributed by atoms with E-state index in [1.165, 1.54) is 6.42 Å². The van der Waals surface area contributed by atoms with Gasteiger partial charge in [0.05, 0.1) is 5.60 Å². The van der Waals surface area contributed by atoms with E-state index in [1.807, 2.05) is 0 Å². The Kier molecular flexibility index (Phi) is 3.51. The Morgan fingerprint density at radius 3 is 2.81 bits per heavy atom. The highest BCUT2D eigenvalue weighted by Crippen LogP contribution is 2.36. The van der Waals surface area contributed by atoms with Gasteiger partial charge in [-0.05, 0) is 31.2 Å². The molecule has 0 saturated heterocycles. The van der Waals surface area contributed by atoms with Crippen molar-refractivity contribution in [2.24, 2.45) is 11.7 Å². The third-order valence-electron chi connectivity index (χ3n) is 3.31. The highest BCUT2D eigenvalue weighted by molar-refractivity contribution is 4.92. The number of ether oxygens (including phenoxy) is 1. The largest absolute Gasteiger partial charge is 0.366 e. The molecule has 88 valence electrons. The zero-order chi connectivity index (χ0) is 11.4. The number of aromatic nitrogens is 2. The zero-order valence-corrected chi connectivity index (χ0v) is 9.72. The van der Waals surface area contributed by atoms with Crippen LogP contribution in [0.1, 0.15) is 32.0 Å². The average Bonchev–Trinajstić information content (AvgIpc) is 2.71. The van der Waals surface area contributed by atoms with Crippen molar-refractivity contribution in [3.8, 4) is 0 Å². The Balaban J connectivity index is 1.93. The van der Waals surface area contributed by atoms with E-state index < -0.39 is 0 Å². The van der Waals surface area contributed by atoms with Gasteiger partial charge < -0.3 is 10.5 Å². The van der Waals surface area contributed by atoms with Gasteiger partial charge >= 0.3 is 0 Å². The van der Waals surface area contributed by atoms with Gasteiger partial charge in [0, 0.05) is 18.9 Å². The monoisotopic (exact) mass is 221 g/mol. The molecule has 1 aliphatic rings. The van der Waals surface area contributed by atoms with E-state index in [2.05, 4.69) is 16.9 Å². The first-order valence-corrected chi connectivity index (χ1v) is 5.84. The molecule has 0 amide bonds. The Morgan fingerprint density at radius 2 is 2.25 bits per heavy atom. The van der Waals surface area contributed by atoms with Crippen LogP contribution in [0, 0.1) is 5.92 Å². The number of hydrogen-bond acceptors (Lipinski definition) is 4. The smallest absolute Gasteiger partial charge is 0.153 e. The van der Waals surface area contributed by atoms with E-state index in [4.69, 9.17) is 10.5 Å². The molecular weight excluding hydrogens is 202 g/mol. The Hall–Kier alpha value is -1.00. The van der Waals surface area contributed by atoms with Gasteiger partial charge in [-0.25, -0.2) is 9.97 Å². The summed E-state index contributed by atoms with van der Waals surface area (Å²) < 4.78 is 5.95. The van der Waals surface area contributed by atoms with Crippen molar-refractivity contribution in [3.05, 3.63) is 24.3 Å². The number of nitrogens with two attached hydrogens (primary N) is 1. The predicted molar refractivity (Wildman–Crippen MR) is 61.6 cm³/mol. The van der Waals surface area contributed by atoms with Crippen LogP contribution in [0.25, 0.3) is 0 Å². The molecule has 0 radical (unpaired) electrons. The van der Waals surface area contributed by atoms with Crippen molar-refractivity contribution >= 4 is 0 Å². The lowest BCUT2D eigenvalue weighted by molar-refractivity contribution is -0.0498. The Labute approximate surface area is 96.2 Å².